The molecule has 20 heavy (non-hydrogen) atoms. The molecular formula is C16H16N2OS. The van der Waals surface area contributed by atoms with Crippen LogP contribution in [0.1, 0.15) is 29.7 Å². The number of pyridine rings is 1. The zero-order chi connectivity index (χ0) is 13.9. The van der Waals surface area contributed by atoms with E-state index >= 15 is 0 Å². The minimum Gasteiger partial charge on any atom is -0.456 e. The standard InChI is InChI=1S/C16H16N2OS/c17-16(20)15-8-7-14(10-18-15)19-13-6-5-11-3-1-2-4-12(11)9-13/h5-10H,1-4H2,(H2,17,20). The summed E-state index contributed by atoms with van der Waals surface area (Å²) in [4.78, 5) is 4.47. The Hall–Kier alpha value is -1.94. The molecule has 0 aliphatic heterocycles. The average Bonchev–Trinajstić information content (AvgIpc) is 2.48. The second-order valence-electron chi connectivity index (χ2n) is 4.98. The maximum Gasteiger partial charge on any atom is 0.145 e. The molecular weight excluding hydrogens is 268 g/mol. The third kappa shape index (κ3) is 2.80. The highest BCUT2D eigenvalue weighted by Gasteiger charge is 2.10. The summed E-state index contributed by atoms with van der Waals surface area (Å²) >= 11 is 4.88. The number of hydrogen-bond acceptors (Lipinski definition) is 3. The Morgan fingerprint density at radius 1 is 1.05 bits per heavy atom. The number of rotatable bonds is 3. The van der Waals surface area contributed by atoms with Crippen LogP contribution in [0.2, 0.25) is 0 Å². The Kier molecular flexibility index (Phi) is 3.65. The van der Waals surface area contributed by atoms with E-state index in [0.29, 0.717) is 16.4 Å². The van der Waals surface area contributed by atoms with Gasteiger partial charge in [0.25, 0.3) is 0 Å². The van der Waals surface area contributed by atoms with Gasteiger partial charge in [0, 0.05) is 0 Å². The summed E-state index contributed by atoms with van der Waals surface area (Å²) in [7, 11) is 0. The molecule has 2 aromatic rings. The first-order valence-corrected chi connectivity index (χ1v) is 7.19. The van der Waals surface area contributed by atoms with Crippen LogP contribution in [0, 0.1) is 0 Å². The molecule has 2 N–H and O–H groups in total. The van der Waals surface area contributed by atoms with Crippen LogP contribution in [0.3, 0.4) is 0 Å². The number of aryl methyl sites for hydroxylation is 2. The van der Waals surface area contributed by atoms with Crippen molar-refractivity contribution in [1.29, 1.82) is 0 Å². The Labute approximate surface area is 123 Å². The largest absolute Gasteiger partial charge is 0.456 e. The minimum absolute atomic E-state index is 0.297. The topological polar surface area (TPSA) is 48.1 Å². The molecule has 1 aliphatic rings. The van der Waals surface area contributed by atoms with Crippen molar-refractivity contribution in [3.05, 3.63) is 53.3 Å². The Morgan fingerprint density at radius 2 is 1.80 bits per heavy atom. The zero-order valence-electron chi connectivity index (χ0n) is 11.1. The van der Waals surface area contributed by atoms with E-state index in [1.54, 1.807) is 12.3 Å². The molecule has 1 aliphatic carbocycles. The molecule has 4 heteroatoms. The van der Waals surface area contributed by atoms with E-state index in [4.69, 9.17) is 22.7 Å². The van der Waals surface area contributed by atoms with E-state index in [-0.39, 0.29) is 0 Å². The summed E-state index contributed by atoms with van der Waals surface area (Å²) in [5.41, 5.74) is 8.98. The van der Waals surface area contributed by atoms with E-state index in [1.165, 1.54) is 30.4 Å². The van der Waals surface area contributed by atoms with Gasteiger partial charge >= 0.3 is 0 Å². The fraction of sp³-hybridized carbons (Fsp3) is 0.250. The molecule has 0 spiro atoms. The highest BCUT2D eigenvalue weighted by Crippen LogP contribution is 2.28. The molecule has 0 fully saturated rings. The maximum absolute atomic E-state index is 5.83. The Balaban J connectivity index is 1.78. The highest BCUT2D eigenvalue weighted by atomic mass is 32.1. The van der Waals surface area contributed by atoms with Crippen molar-refractivity contribution >= 4 is 17.2 Å². The normalized spacial score (nSPS) is 13.6. The number of nitrogens with two attached hydrogens (primary N) is 1. The van der Waals surface area contributed by atoms with Crippen molar-refractivity contribution in [2.45, 2.75) is 25.7 Å². The van der Waals surface area contributed by atoms with Gasteiger partial charge in [-0.15, -0.1) is 0 Å². The maximum atomic E-state index is 5.83. The van der Waals surface area contributed by atoms with Crippen LogP contribution in [0.25, 0.3) is 0 Å². The van der Waals surface area contributed by atoms with Crippen LogP contribution < -0.4 is 10.5 Å². The van der Waals surface area contributed by atoms with Crippen LogP contribution in [0.5, 0.6) is 11.5 Å². The van der Waals surface area contributed by atoms with Gasteiger partial charge in [0.05, 0.1) is 11.9 Å². The number of hydrogen-bond donors (Lipinski definition) is 1. The molecule has 1 aromatic heterocycles. The molecule has 0 saturated carbocycles. The van der Waals surface area contributed by atoms with Crippen molar-refractivity contribution in [3.63, 3.8) is 0 Å². The van der Waals surface area contributed by atoms with E-state index in [0.717, 1.165) is 12.2 Å². The summed E-state index contributed by atoms with van der Waals surface area (Å²) in [6, 6.07) is 9.93. The van der Waals surface area contributed by atoms with Gasteiger partial charge < -0.3 is 10.5 Å². The fourth-order valence-corrected chi connectivity index (χ4v) is 2.62. The smallest absolute Gasteiger partial charge is 0.145 e. The third-order valence-corrected chi connectivity index (χ3v) is 3.75. The van der Waals surface area contributed by atoms with E-state index in [1.807, 2.05) is 12.1 Å². The van der Waals surface area contributed by atoms with Crippen LogP contribution in [-0.4, -0.2) is 9.97 Å². The molecule has 0 amide bonds. The molecule has 0 radical (unpaired) electrons. The number of fused-ring (bicyclic) bond motifs is 1. The Bertz CT molecular complexity index is 637. The molecule has 0 atom stereocenters. The number of nitrogens with zero attached hydrogens (tertiary/aromatic N) is 1. The number of aromatic nitrogens is 1. The lowest BCUT2D eigenvalue weighted by molar-refractivity contribution is 0.478. The van der Waals surface area contributed by atoms with Gasteiger partial charge in [-0.2, -0.15) is 0 Å². The summed E-state index contributed by atoms with van der Waals surface area (Å²) < 4.78 is 5.83. The van der Waals surface area contributed by atoms with Crippen LogP contribution in [0.15, 0.2) is 36.5 Å². The SMILES string of the molecule is NC(=S)c1ccc(Oc2ccc3c(c2)CCCC3)cn1. The molecule has 0 unspecified atom stereocenters. The van der Waals surface area contributed by atoms with Crippen LogP contribution in [-0.2, 0) is 12.8 Å². The van der Waals surface area contributed by atoms with Crippen LogP contribution >= 0.6 is 12.2 Å². The molecule has 3 rings (SSSR count). The summed E-state index contributed by atoms with van der Waals surface area (Å²) in [6.07, 6.45) is 6.52. The Morgan fingerprint density at radius 3 is 2.50 bits per heavy atom. The predicted octanol–water partition coefficient (Wildman–Crippen LogP) is 3.39. The van der Waals surface area contributed by atoms with E-state index in [9.17, 15) is 0 Å². The van der Waals surface area contributed by atoms with Crippen LogP contribution in [0.4, 0.5) is 0 Å². The van der Waals surface area contributed by atoms with Crippen molar-refractivity contribution in [2.24, 2.45) is 5.73 Å². The summed E-state index contributed by atoms with van der Waals surface area (Å²) in [5, 5.41) is 0. The minimum atomic E-state index is 0.297. The first-order valence-electron chi connectivity index (χ1n) is 6.78. The van der Waals surface area contributed by atoms with E-state index in [2.05, 4.69) is 17.1 Å². The number of thiocarbonyl (C=S) groups is 1. The van der Waals surface area contributed by atoms with E-state index < -0.39 is 0 Å². The van der Waals surface area contributed by atoms with Gasteiger partial charge in [-0.25, -0.2) is 4.98 Å². The van der Waals surface area contributed by atoms with Gasteiger partial charge in [0.15, 0.2) is 0 Å². The van der Waals surface area contributed by atoms with Crippen molar-refractivity contribution in [1.82, 2.24) is 4.98 Å². The van der Waals surface area contributed by atoms with Gasteiger partial charge in [-0.05, 0) is 61.1 Å². The second-order valence-corrected chi connectivity index (χ2v) is 5.42. The monoisotopic (exact) mass is 284 g/mol. The molecule has 3 nitrogen and oxygen atoms in total. The van der Waals surface area contributed by atoms with Crippen molar-refractivity contribution in [3.8, 4) is 11.5 Å². The van der Waals surface area contributed by atoms with Crippen molar-refractivity contribution in [2.75, 3.05) is 0 Å². The fourth-order valence-electron chi connectivity index (χ4n) is 2.50. The van der Waals surface area contributed by atoms with Gasteiger partial charge in [-0.3, -0.25) is 0 Å². The third-order valence-electron chi connectivity index (χ3n) is 3.54. The molecule has 0 bridgehead atoms. The lowest BCUT2D eigenvalue weighted by Crippen LogP contribution is -2.10. The lowest BCUT2D eigenvalue weighted by atomic mass is 9.92. The van der Waals surface area contributed by atoms with Crippen molar-refractivity contribution < 1.29 is 4.74 Å². The summed E-state index contributed by atoms with van der Waals surface area (Å²) in [5.74, 6) is 1.55. The number of benzene rings is 1. The molecule has 0 saturated heterocycles. The average molecular weight is 284 g/mol. The predicted molar refractivity (Wildman–Crippen MR) is 83.3 cm³/mol. The van der Waals surface area contributed by atoms with Gasteiger partial charge in [0.2, 0.25) is 0 Å². The first kappa shape index (κ1) is 13.1. The zero-order valence-corrected chi connectivity index (χ0v) is 12.0. The molecule has 102 valence electrons. The molecule has 1 aromatic carbocycles. The second kappa shape index (κ2) is 5.59. The quantitative estimate of drug-likeness (QED) is 0.878. The van der Waals surface area contributed by atoms with Gasteiger partial charge in [-0.1, -0.05) is 18.3 Å². The first-order chi connectivity index (χ1) is 9.72. The lowest BCUT2D eigenvalue weighted by Gasteiger charge is -2.16. The number of ether oxygens (including phenoxy) is 1. The summed E-state index contributed by atoms with van der Waals surface area (Å²) in [6.45, 7) is 0. The molecule has 1 heterocycles. The van der Waals surface area contributed by atoms with Gasteiger partial charge in [0.1, 0.15) is 16.5 Å². The highest BCUT2D eigenvalue weighted by molar-refractivity contribution is 7.80.